The van der Waals surface area contributed by atoms with E-state index in [0.29, 0.717) is 6.54 Å². The molecule has 1 heterocycles. The summed E-state index contributed by atoms with van der Waals surface area (Å²) in [6.45, 7) is 7.37. The molecule has 3 heteroatoms. The van der Waals surface area contributed by atoms with Crippen LogP contribution in [-0.2, 0) is 6.54 Å². The average Bonchev–Trinajstić information content (AvgIpc) is 2.34. The highest BCUT2D eigenvalue weighted by Crippen LogP contribution is 2.21. The summed E-state index contributed by atoms with van der Waals surface area (Å²) in [6, 6.07) is 10.6. The lowest BCUT2D eigenvalue weighted by molar-refractivity contribution is 0.159. The fraction of sp³-hybridized carbons (Fsp3) is 0.500. The van der Waals surface area contributed by atoms with Crippen molar-refractivity contribution in [3.05, 3.63) is 35.9 Å². The van der Waals surface area contributed by atoms with E-state index in [1.165, 1.54) is 5.56 Å². The first kappa shape index (κ1) is 12.3. The van der Waals surface area contributed by atoms with Crippen LogP contribution in [0.1, 0.15) is 18.4 Å². The van der Waals surface area contributed by atoms with Crippen LogP contribution >= 0.6 is 0 Å². The van der Waals surface area contributed by atoms with Crippen LogP contribution in [0.4, 0.5) is 0 Å². The smallest absolute Gasteiger partial charge is 0.0563 e. The van der Waals surface area contributed by atoms with E-state index < -0.39 is 0 Å². The molecule has 0 saturated carbocycles. The predicted molar refractivity (Wildman–Crippen MR) is 72.3 cm³/mol. The van der Waals surface area contributed by atoms with E-state index >= 15 is 0 Å². The molecular weight excluding hydrogens is 210 g/mol. The second-order valence-corrected chi connectivity index (χ2v) is 5.01. The molecule has 0 radical (unpaired) electrons. The molecule has 1 aliphatic heterocycles. The van der Waals surface area contributed by atoms with Crippen LogP contribution in [0.3, 0.4) is 0 Å². The van der Waals surface area contributed by atoms with Crippen molar-refractivity contribution in [1.82, 2.24) is 4.90 Å². The van der Waals surface area contributed by atoms with Crippen molar-refractivity contribution in [2.75, 3.05) is 19.6 Å². The largest absolute Gasteiger partial charge is 0.323 e. The van der Waals surface area contributed by atoms with Crippen molar-refractivity contribution in [3.8, 4) is 0 Å². The number of aliphatic imine (C=N–C) groups is 1. The van der Waals surface area contributed by atoms with Gasteiger partial charge >= 0.3 is 0 Å². The van der Waals surface area contributed by atoms with Crippen LogP contribution in [0.2, 0.25) is 0 Å². The minimum absolute atomic E-state index is 0.116. The third-order valence-electron chi connectivity index (χ3n) is 3.53. The molecule has 0 unspecified atom stereocenters. The first-order valence-corrected chi connectivity index (χ1v) is 6.19. The summed E-state index contributed by atoms with van der Waals surface area (Å²) in [5.41, 5.74) is 7.52. The maximum atomic E-state index is 6.26. The molecular formula is C14H21N3. The van der Waals surface area contributed by atoms with Gasteiger partial charge in [-0.3, -0.25) is 9.89 Å². The van der Waals surface area contributed by atoms with Crippen LogP contribution < -0.4 is 5.73 Å². The summed E-state index contributed by atoms with van der Waals surface area (Å²) in [5, 5.41) is 0. The molecule has 2 N–H and O–H groups in total. The van der Waals surface area contributed by atoms with Crippen LogP contribution in [-0.4, -0.2) is 36.8 Å². The fourth-order valence-corrected chi connectivity index (χ4v) is 2.38. The van der Waals surface area contributed by atoms with Gasteiger partial charge in [-0.2, -0.15) is 0 Å². The number of hydrogen-bond donors (Lipinski definition) is 1. The lowest BCUT2D eigenvalue weighted by atomic mass is 9.88. The van der Waals surface area contributed by atoms with E-state index in [0.717, 1.165) is 32.5 Å². The zero-order valence-corrected chi connectivity index (χ0v) is 10.3. The zero-order chi connectivity index (χ0) is 12.1. The lowest BCUT2D eigenvalue weighted by Gasteiger charge is -2.38. The third kappa shape index (κ3) is 3.38. The molecule has 1 aromatic carbocycles. The van der Waals surface area contributed by atoms with Gasteiger partial charge in [-0.15, -0.1) is 0 Å². The van der Waals surface area contributed by atoms with Crippen LogP contribution in [0.15, 0.2) is 35.3 Å². The van der Waals surface area contributed by atoms with Crippen molar-refractivity contribution in [2.24, 2.45) is 10.7 Å². The summed E-state index contributed by atoms with van der Waals surface area (Å²) >= 11 is 0. The normalized spacial score (nSPS) is 20.1. The Labute approximate surface area is 103 Å². The number of piperidine rings is 1. The minimum atomic E-state index is -0.116. The molecule has 0 aromatic heterocycles. The quantitative estimate of drug-likeness (QED) is 0.801. The number of rotatable bonds is 4. The fourth-order valence-electron chi connectivity index (χ4n) is 2.38. The van der Waals surface area contributed by atoms with Gasteiger partial charge in [0.05, 0.1) is 6.54 Å². The number of nitrogens with two attached hydrogens (primary N) is 1. The van der Waals surface area contributed by atoms with Crippen molar-refractivity contribution >= 4 is 6.72 Å². The van der Waals surface area contributed by atoms with Crippen molar-refractivity contribution < 1.29 is 0 Å². The molecule has 0 aliphatic carbocycles. The van der Waals surface area contributed by atoms with Gasteiger partial charge in [-0.25, -0.2) is 0 Å². The van der Waals surface area contributed by atoms with E-state index in [2.05, 4.69) is 46.9 Å². The average molecular weight is 231 g/mol. The molecule has 17 heavy (non-hydrogen) atoms. The first-order valence-electron chi connectivity index (χ1n) is 6.19. The highest BCUT2D eigenvalue weighted by atomic mass is 15.1. The highest BCUT2D eigenvalue weighted by Gasteiger charge is 2.29. The number of likely N-dealkylation sites (tertiary alicyclic amines) is 1. The minimum Gasteiger partial charge on any atom is -0.323 e. The molecule has 0 spiro atoms. The molecule has 1 saturated heterocycles. The Hall–Kier alpha value is -1.19. The third-order valence-corrected chi connectivity index (χ3v) is 3.53. The van der Waals surface area contributed by atoms with E-state index in [4.69, 9.17) is 5.73 Å². The topological polar surface area (TPSA) is 41.6 Å². The van der Waals surface area contributed by atoms with Gasteiger partial charge < -0.3 is 5.73 Å². The maximum Gasteiger partial charge on any atom is 0.0563 e. The maximum absolute atomic E-state index is 6.26. The van der Waals surface area contributed by atoms with Crippen LogP contribution in [0.5, 0.6) is 0 Å². The van der Waals surface area contributed by atoms with Gasteiger partial charge in [0.1, 0.15) is 0 Å². The van der Waals surface area contributed by atoms with E-state index in [9.17, 15) is 0 Å². The molecule has 3 nitrogen and oxygen atoms in total. The SMILES string of the molecule is C=NCC1(N)CCN(Cc2ccccc2)CC1. The Bertz CT molecular complexity index is 353. The predicted octanol–water partition coefficient (Wildman–Crippen LogP) is 1.68. The summed E-state index contributed by atoms with van der Waals surface area (Å²) in [4.78, 5) is 6.41. The van der Waals surface area contributed by atoms with Gasteiger partial charge in [0.15, 0.2) is 0 Å². The van der Waals surface area contributed by atoms with Crippen LogP contribution in [0, 0.1) is 0 Å². The molecule has 92 valence electrons. The first-order chi connectivity index (χ1) is 8.22. The molecule has 1 fully saturated rings. The Balaban J connectivity index is 1.85. The second kappa shape index (κ2) is 5.43. The van der Waals surface area contributed by atoms with E-state index in [1.54, 1.807) is 0 Å². The van der Waals surface area contributed by atoms with Gasteiger partial charge in [-0.05, 0) is 25.1 Å². The van der Waals surface area contributed by atoms with Crippen molar-refractivity contribution in [3.63, 3.8) is 0 Å². The summed E-state index contributed by atoms with van der Waals surface area (Å²) in [5.74, 6) is 0. The second-order valence-electron chi connectivity index (χ2n) is 5.01. The summed E-state index contributed by atoms with van der Waals surface area (Å²) < 4.78 is 0. The molecule has 1 aromatic rings. The number of hydrogen-bond acceptors (Lipinski definition) is 3. The number of nitrogens with zero attached hydrogens (tertiary/aromatic N) is 2. The molecule has 0 atom stereocenters. The molecule has 0 bridgehead atoms. The van der Waals surface area contributed by atoms with Gasteiger partial charge in [0.2, 0.25) is 0 Å². The zero-order valence-electron chi connectivity index (χ0n) is 10.3. The van der Waals surface area contributed by atoms with Crippen molar-refractivity contribution in [1.29, 1.82) is 0 Å². The van der Waals surface area contributed by atoms with Gasteiger partial charge in [0, 0.05) is 25.2 Å². The van der Waals surface area contributed by atoms with E-state index in [-0.39, 0.29) is 5.54 Å². The Kier molecular flexibility index (Phi) is 3.92. The highest BCUT2D eigenvalue weighted by molar-refractivity contribution is 5.24. The Morgan fingerprint density at radius 1 is 1.24 bits per heavy atom. The van der Waals surface area contributed by atoms with Crippen molar-refractivity contribution in [2.45, 2.75) is 24.9 Å². The Morgan fingerprint density at radius 2 is 1.88 bits per heavy atom. The summed E-state index contributed by atoms with van der Waals surface area (Å²) in [6.07, 6.45) is 2.03. The summed E-state index contributed by atoms with van der Waals surface area (Å²) in [7, 11) is 0. The molecule has 0 amide bonds. The monoisotopic (exact) mass is 231 g/mol. The van der Waals surface area contributed by atoms with E-state index in [1.807, 2.05) is 0 Å². The molecule has 1 aliphatic rings. The van der Waals surface area contributed by atoms with Gasteiger partial charge in [-0.1, -0.05) is 30.3 Å². The van der Waals surface area contributed by atoms with Gasteiger partial charge in [0.25, 0.3) is 0 Å². The number of benzene rings is 1. The standard InChI is InChI=1S/C14H21N3/c1-16-12-14(15)7-9-17(10-8-14)11-13-5-3-2-4-6-13/h2-6H,1,7-12,15H2. The molecule has 2 rings (SSSR count). The lowest BCUT2D eigenvalue weighted by Crippen LogP contribution is -2.52. The van der Waals surface area contributed by atoms with Crippen LogP contribution in [0.25, 0.3) is 0 Å². The Morgan fingerprint density at radius 3 is 2.47 bits per heavy atom.